The van der Waals surface area contributed by atoms with E-state index in [-0.39, 0.29) is 11.9 Å². The largest absolute Gasteiger partial charge is 0.497 e. The van der Waals surface area contributed by atoms with Crippen LogP contribution in [-0.2, 0) is 0 Å². The molecule has 1 atom stereocenters. The molecule has 0 aliphatic carbocycles. The molecular formula is C16H16BrNO2. The molecule has 104 valence electrons. The molecule has 0 fully saturated rings. The molecule has 4 heteroatoms. The van der Waals surface area contributed by atoms with Gasteiger partial charge in [-0.3, -0.25) is 4.79 Å². The molecule has 2 aromatic carbocycles. The number of carbonyl (C=O) groups is 1. The standard InChI is InChI=1S/C16H16BrNO2/c1-20-14-9-5-8-13(10-14)16(19)18-15(11-17)12-6-3-2-4-7-12/h2-10,15H,11H2,1H3,(H,18,19). The molecule has 0 aromatic heterocycles. The second-order valence-electron chi connectivity index (χ2n) is 4.32. The van der Waals surface area contributed by atoms with Crippen LogP contribution in [0.1, 0.15) is 22.0 Å². The van der Waals surface area contributed by atoms with Crippen LogP contribution in [0.4, 0.5) is 0 Å². The zero-order valence-electron chi connectivity index (χ0n) is 11.2. The van der Waals surface area contributed by atoms with Gasteiger partial charge in [-0.25, -0.2) is 0 Å². The van der Waals surface area contributed by atoms with E-state index < -0.39 is 0 Å². The predicted octanol–water partition coefficient (Wildman–Crippen LogP) is 3.56. The summed E-state index contributed by atoms with van der Waals surface area (Å²) < 4.78 is 5.13. The molecular weight excluding hydrogens is 318 g/mol. The molecule has 0 aliphatic rings. The van der Waals surface area contributed by atoms with Crippen LogP contribution < -0.4 is 10.1 Å². The zero-order chi connectivity index (χ0) is 14.4. The molecule has 1 amide bonds. The SMILES string of the molecule is COc1cccc(C(=O)NC(CBr)c2ccccc2)c1. The molecule has 20 heavy (non-hydrogen) atoms. The Labute approximate surface area is 127 Å². The minimum atomic E-state index is -0.114. The average Bonchev–Trinajstić information content (AvgIpc) is 2.53. The second kappa shape index (κ2) is 7.10. The van der Waals surface area contributed by atoms with Crippen LogP contribution in [0.3, 0.4) is 0 Å². The summed E-state index contributed by atoms with van der Waals surface area (Å²) in [5.41, 5.74) is 1.66. The topological polar surface area (TPSA) is 38.3 Å². The second-order valence-corrected chi connectivity index (χ2v) is 4.97. The van der Waals surface area contributed by atoms with Gasteiger partial charge in [-0.05, 0) is 23.8 Å². The molecule has 2 rings (SSSR count). The quantitative estimate of drug-likeness (QED) is 0.849. The first kappa shape index (κ1) is 14.6. The van der Waals surface area contributed by atoms with Gasteiger partial charge in [0.05, 0.1) is 13.2 Å². The summed E-state index contributed by atoms with van der Waals surface area (Å²) in [4.78, 5) is 12.3. The van der Waals surface area contributed by atoms with Gasteiger partial charge in [-0.1, -0.05) is 52.3 Å². The highest BCUT2D eigenvalue weighted by molar-refractivity contribution is 9.09. The monoisotopic (exact) mass is 333 g/mol. The highest BCUT2D eigenvalue weighted by atomic mass is 79.9. The third-order valence-electron chi connectivity index (χ3n) is 2.99. The summed E-state index contributed by atoms with van der Waals surface area (Å²) in [7, 11) is 1.59. The van der Waals surface area contributed by atoms with Crippen molar-refractivity contribution in [2.24, 2.45) is 0 Å². The van der Waals surface area contributed by atoms with Crippen LogP contribution in [0.15, 0.2) is 54.6 Å². The number of hydrogen-bond donors (Lipinski definition) is 1. The third kappa shape index (κ3) is 3.61. The highest BCUT2D eigenvalue weighted by Gasteiger charge is 2.14. The van der Waals surface area contributed by atoms with E-state index in [9.17, 15) is 4.79 Å². The van der Waals surface area contributed by atoms with Gasteiger partial charge in [0.2, 0.25) is 0 Å². The number of alkyl halides is 1. The number of benzene rings is 2. The Morgan fingerprint density at radius 2 is 1.95 bits per heavy atom. The first-order chi connectivity index (χ1) is 9.74. The van der Waals surface area contributed by atoms with Gasteiger partial charge in [-0.15, -0.1) is 0 Å². The lowest BCUT2D eigenvalue weighted by Gasteiger charge is -2.17. The lowest BCUT2D eigenvalue weighted by Crippen LogP contribution is -2.29. The lowest BCUT2D eigenvalue weighted by atomic mass is 10.1. The summed E-state index contributed by atoms with van der Waals surface area (Å²) in [6, 6.07) is 16.9. The number of halogens is 1. The third-order valence-corrected chi connectivity index (χ3v) is 3.64. The van der Waals surface area contributed by atoms with Crippen molar-refractivity contribution in [1.82, 2.24) is 5.32 Å². The summed E-state index contributed by atoms with van der Waals surface area (Å²) in [6.07, 6.45) is 0. The van der Waals surface area contributed by atoms with E-state index in [0.29, 0.717) is 16.6 Å². The molecule has 0 saturated carbocycles. The Hall–Kier alpha value is -1.81. The summed E-state index contributed by atoms with van der Waals surface area (Å²) in [5, 5.41) is 3.67. The number of carbonyl (C=O) groups excluding carboxylic acids is 1. The van der Waals surface area contributed by atoms with E-state index in [0.717, 1.165) is 5.56 Å². The number of amides is 1. The minimum Gasteiger partial charge on any atom is -0.497 e. The maximum absolute atomic E-state index is 12.3. The van der Waals surface area contributed by atoms with Crippen molar-refractivity contribution in [3.05, 3.63) is 65.7 Å². The maximum atomic E-state index is 12.3. The highest BCUT2D eigenvalue weighted by Crippen LogP contribution is 2.17. The molecule has 0 radical (unpaired) electrons. The zero-order valence-corrected chi connectivity index (χ0v) is 12.8. The van der Waals surface area contributed by atoms with Crippen molar-refractivity contribution in [2.75, 3.05) is 12.4 Å². The van der Waals surface area contributed by atoms with E-state index in [2.05, 4.69) is 21.2 Å². The number of methoxy groups -OCH3 is 1. The van der Waals surface area contributed by atoms with E-state index in [1.165, 1.54) is 0 Å². The summed E-state index contributed by atoms with van der Waals surface area (Å²) in [5.74, 6) is 0.560. The molecule has 0 spiro atoms. The van der Waals surface area contributed by atoms with Gasteiger partial charge in [0.25, 0.3) is 5.91 Å². The Morgan fingerprint density at radius 1 is 1.20 bits per heavy atom. The summed E-state index contributed by atoms with van der Waals surface area (Å²) >= 11 is 3.44. The maximum Gasteiger partial charge on any atom is 0.251 e. The van der Waals surface area contributed by atoms with E-state index >= 15 is 0 Å². The van der Waals surface area contributed by atoms with Crippen LogP contribution in [-0.4, -0.2) is 18.3 Å². The predicted molar refractivity (Wildman–Crippen MR) is 83.4 cm³/mol. The van der Waals surface area contributed by atoms with Gasteiger partial charge in [0, 0.05) is 10.9 Å². The lowest BCUT2D eigenvalue weighted by molar-refractivity contribution is 0.0940. The van der Waals surface area contributed by atoms with Gasteiger partial charge >= 0.3 is 0 Å². The minimum absolute atomic E-state index is 0.0603. The van der Waals surface area contributed by atoms with Crippen molar-refractivity contribution in [2.45, 2.75) is 6.04 Å². The van der Waals surface area contributed by atoms with Crippen LogP contribution in [0.25, 0.3) is 0 Å². The Balaban J connectivity index is 2.13. The smallest absolute Gasteiger partial charge is 0.251 e. The van der Waals surface area contributed by atoms with E-state index in [1.807, 2.05) is 36.4 Å². The average molecular weight is 334 g/mol. The fourth-order valence-corrected chi connectivity index (χ4v) is 2.44. The fourth-order valence-electron chi connectivity index (χ4n) is 1.90. The Bertz CT molecular complexity index is 572. The fraction of sp³-hybridized carbons (Fsp3) is 0.188. The van der Waals surface area contributed by atoms with Gasteiger partial charge in [-0.2, -0.15) is 0 Å². The van der Waals surface area contributed by atoms with Gasteiger partial charge < -0.3 is 10.1 Å². The molecule has 3 nitrogen and oxygen atoms in total. The van der Waals surface area contributed by atoms with Crippen LogP contribution in [0.2, 0.25) is 0 Å². The normalized spacial score (nSPS) is 11.7. The molecule has 0 heterocycles. The van der Waals surface area contributed by atoms with Crippen molar-refractivity contribution >= 4 is 21.8 Å². The van der Waals surface area contributed by atoms with E-state index in [4.69, 9.17) is 4.74 Å². The number of nitrogens with one attached hydrogen (secondary N) is 1. The van der Waals surface area contributed by atoms with Gasteiger partial charge in [0.15, 0.2) is 0 Å². The Morgan fingerprint density at radius 3 is 2.60 bits per heavy atom. The molecule has 0 saturated heterocycles. The number of ether oxygens (including phenoxy) is 1. The molecule has 2 aromatic rings. The van der Waals surface area contributed by atoms with Crippen LogP contribution >= 0.6 is 15.9 Å². The molecule has 0 aliphatic heterocycles. The van der Waals surface area contributed by atoms with E-state index in [1.54, 1.807) is 25.3 Å². The first-order valence-electron chi connectivity index (χ1n) is 6.30. The number of hydrogen-bond acceptors (Lipinski definition) is 2. The molecule has 0 bridgehead atoms. The van der Waals surface area contributed by atoms with Crippen molar-refractivity contribution in [3.8, 4) is 5.75 Å². The van der Waals surface area contributed by atoms with Crippen LogP contribution in [0.5, 0.6) is 5.75 Å². The Kier molecular flexibility index (Phi) is 5.18. The molecule has 1 unspecified atom stereocenters. The van der Waals surface area contributed by atoms with Crippen molar-refractivity contribution < 1.29 is 9.53 Å². The van der Waals surface area contributed by atoms with Crippen LogP contribution in [0, 0.1) is 0 Å². The number of rotatable bonds is 5. The first-order valence-corrected chi connectivity index (χ1v) is 7.42. The van der Waals surface area contributed by atoms with Crippen molar-refractivity contribution in [1.29, 1.82) is 0 Å². The summed E-state index contributed by atoms with van der Waals surface area (Å²) in [6.45, 7) is 0. The molecule has 1 N–H and O–H groups in total. The van der Waals surface area contributed by atoms with Crippen molar-refractivity contribution in [3.63, 3.8) is 0 Å². The van der Waals surface area contributed by atoms with Gasteiger partial charge in [0.1, 0.15) is 5.75 Å².